The smallest absolute Gasteiger partial charge is 0.254 e. The number of amides is 1. The van der Waals surface area contributed by atoms with Crippen LogP contribution in [0.25, 0.3) is 0 Å². The van der Waals surface area contributed by atoms with Crippen molar-refractivity contribution in [2.24, 2.45) is 5.92 Å². The SMILES string of the molecule is CC(C)C(CBr)NC(=O)c1cncnc1. The molecule has 15 heavy (non-hydrogen) atoms. The van der Waals surface area contributed by atoms with Crippen molar-refractivity contribution in [1.29, 1.82) is 0 Å². The maximum Gasteiger partial charge on any atom is 0.254 e. The predicted molar refractivity (Wildman–Crippen MR) is 61.9 cm³/mol. The molecule has 0 radical (unpaired) electrons. The van der Waals surface area contributed by atoms with Gasteiger partial charge < -0.3 is 5.32 Å². The number of aromatic nitrogens is 2. The number of halogens is 1. The molecule has 0 aliphatic carbocycles. The molecule has 1 aromatic heterocycles. The van der Waals surface area contributed by atoms with Gasteiger partial charge in [0.05, 0.1) is 5.56 Å². The number of carbonyl (C=O) groups is 1. The lowest BCUT2D eigenvalue weighted by Crippen LogP contribution is -2.39. The van der Waals surface area contributed by atoms with Crippen molar-refractivity contribution in [2.45, 2.75) is 19.9 Å². The molecule has 0 fully saturated rings. The minimum atomic E-state index is -0.131. The lowest BCUT2D eigenvalue weighted by molar-refractivity contribution is 0.0931. The van der Waals surface area contributed by atoms with Crippen molar-refractivity contribution in [3.8, 4) is 0 Å². The molecular formula is C10H14BrN3O. The highest BCUT2D eigenvalue weighted by molar-refractivity contribution is 9.09. The van der Waals surface area contributed by atoms with Crippen LogP contribution in [0, 0.1) is 5.92 Å². The quantitative estimate of drug-likeness (QED) is 0.847. The Balaban J connectivity index is 2.63. The highest BCUT2D eigenvalue weighted by Crippen LogP contribution is 2.06. The summed E-state index contributed by atoms with van der Waals surface area (Å²) in [5.41, 5.74) is 0.490. The van der Waals surface area contributed by atoms with Gasteiger partial charge in [0.1, 0.15) is 6.33 Å². The van der Waals surface area contributed by atoms with Gasteiger partial charge in [0.25, 0.3) is 5.91 Å². The second-order valence-corrected chi connectivity index (χ2v) is 4.25. The van der Waals surface area contributed by atoms with E-state index in [0.29, 0.717) is 11.5 Å². The number of alkyl halides is 1. The van der Waals surface area contributed by atoms with Crippen LogP contribution in [0.5, 0.6) is 0 Å². The third-order valence-electron chi connectivity index (χ3n) is 2.11. The molecule has 5 heteroatoms. The molecule has 0 aliphatic rings. The zero-order valence-electron chi connectivity index (χ0n) is 8.77. The first-order valence-electron chi connectivity index (χ1n) is 4.77. The van der Waals surface area contributed by atoms with E-state index >= 15 is 0 Å². The molecule has 1 N–H and O–H groups in total. The molecule has 1 amide bonds. The average molecular weight is 272 g/mol. The number of rotatable bonds is 4. The monoisotopic (exact) mass is 271 g/mol. The van der Waals surface area contributed by atoms with Crippen molar-refractivity contribution in [2.75, 3.05) is 5.33 Å². The summed E-state index contributed by atoms with van der Waals surface area (Å²) in [6, 6.07) is 0.123. The molecule has 0 aliphatic heterocycles. The molecule has 1 rings (SSSR count). The summed E-state index contributed by atoms with van der Waals surface area (Å²) in [6.45, 7) is 4.13. The van der Waals surface area contributed by atoms with E-state index in [-0.39, 0.29) is 11.9 Å². The topological polar surface area (TPSA) is 54.9 Å². The highest BCUT2D eigenvalue weighted by atomic mass is 79.9. The van der Waals surface area contributed by atoms with Crippen molar-refractivity contribution in [1.82, 2.24) is 15.3 Å². The summed E-state index contributed by atoms with van der Waals surface area (Å²) in [6.07, 6.45) is 4.42. The summed E-state index contributed by atoms with van der Waals surface area (Å²) in [4.78, 5) is 19.3. The van der Waals surface area contributed by atoms with Gasteiger partial charge in [0.15, 0.2) is 0 Å². The molecule has 82 valence electrons. The first kappa shape index (κ1) is 12.1. The fourth-order valence-corrected chi connectivity index (χ4v) is 1.96. The number of carbonyl (C=O) groups excluding carboxylic acids is 1. The molecule has 1 unspecified atom stereocenters. The van der Waals surface area contributed by atoms with Crippen LogP contribution in [0.1, 0.15) is 24.2 Å². The van der Waals surface area contributed by atoms with E-state index in [1.54, 1.807) is 0 Å². The third-order valence-corrected chi connectivity index (χ3v) is 2.81. The van der Waals surface area contributed by atoms with Crippen LogP contribution in [-0.4, -0.2) is 27.2 Å². The van der Waals surface area contributed by atoms with Gasteiger partial charge in [-0.15, -0.1) is 0 Å². The number of nitrogens with one attached hydrogen (secondary N) is 1. The van der Waals surface area contributed by atoms with Gasteiger partial charge in [0.2, 0.25) is 0 Å². The Morgan fingerprint density at radius 2 is 2.07 bits per heavy atom. The maximum atomic E-state index is 11.7. The normalized spacial score (nSPS) is 12.5. The van der Waals surface area contributed by atoms with Crippen LogP contribution in [0.15, 0.2) is 18.7 Å². The second kappa shape index (κ2) is 5.80. The van der Waals surface area contributed by atoms with Crippen LogP contribution in [0.4, 0.5) is 0 Å². The van der Waals surface area contributed by atoms with Crippen LogP contribution in [-0.2, 0) is 0 Å². The van der Waals surface area contributed by atoms with Gasteiger partial charge in [-0.05, 0) is 5.92 Å². The van der Waals surface area contributed by atoms with Crippen LogP contribution < -0.4 is 5.32 Å². The maximum absolute atomic E-state index is 11.7. The van der Waals surface area contributed by atoms with E-state index in [0.717, 1.165) is 5.33 Å². The Labute approximate surface area is 97.6 Å². The molecule has 1 heterocycles. The van der Waals surface area contributed by atoms with E-state index in [1.807, 2.05) is 0 Å². The van der Waals surface area contributed by atoms with Crippen molar-refractivity contribution < 1.29 is 4.79 Å². The predicted octanol–water partition coefficient (Wildman–Crippen LogP) is 1.63. The molecule has 0 spiro atoms. The van der Waals surface area contributed by atoms with Crippen LogP contribution in [0.3, 0.4) is 0 Å². The Morgan fingerprint density at radius 3 is 2.53 bits per heavy atom. The largest absolute Gasteiger partial charge is 0.348 e. The van der Waals surface area contributed by atoms with Gasteiger partial charge >= 0.3 is 0 Å². The fraction of sp³-hybridized carbons (Fsp3) is 0.500. The van der Waals surface area contributed by atoms with Gasteiger partial charge in [-0.1, -0.05) is 29.8 Å². The summed E-state index contributed by atoms with van der Waals surface area (Å²) in [7, 11) is 0. The second-order valence-electron chi connectivity index (χ2n) is 3.61. The summed E-state index contributed by atoms with van der Waals surface area (Å²) in [5.74, 6) is 0.256. The average Bonchev–Trinajstić information content (AvgIpc) is 2.26. The fourth-order valence-electron chi connectivity index (χ4n) is 1.05. The van der Waals surface area contributed by atoms with Gasteiger partial charge in [-0.25, -0.2) is 9.97 Å². The molecule has 1 atom stereocenters. The lowest BCUT2D eigenvalue weighted by Gasteiger charge is -2.19. The Kier molecular flexibility index (Phi) is 4.68. The van der Waals surface area contributed by atoms with E-state index < -0.39 is 0 Å². The number of nitrogens with zero attached hydrogens (tertiary/aromatic N) is 2. The van der Waals surface area contributed by atoms with Gasteiger partial charge in [-0.3, -0.25) is 4.79 Å². The molecule has 0 bridgehead atoms. The first-order chi connectivity index (χ1) is 7.15. The van der Waals surface area contributed by atoms with E-state index in [9.17, 15) is 4.79 Å². The summed E-state index contributed by atoms with van der Waals surface area (Å²) >= 11 is 3.37. The van der Waals surface area contributed by atoms with E-state index in [1.165, 1.54) is 18.7 Å². The minimum absolute atomic E-state index is 0.123. The summed E-state index contributed by atoms with van der Waals surface area (Å²) < 4.78 is 0. The highest BCUT2D eigenvalue weighted by Gasteiger charge is 2.15. The van der Waals surface area contributed by atoms with Crippen LogP contribution >= 0.6 is 15.9 Å². The molecule has 1 aromatic rings. The third kappa shape index (κ3) is 3.58. The van der Waals surface area contributed by atoms with E-state index in [2.05, 4.69) is 45.1 Å². The minimum Gasteiger partial charge on any atom is -0.348 e. The summed E-state index contributed by atoms with van der Waals surface area (Å²) in [5, 5.41) is 3.66. The molecular weight excluding hydrogens is 258 g/mol. The Morgan fingerprint density at radius 1 is 1.47 bits per heavy atom. The molecule has 0 saturated carbocycles. The van der Waals surface area contributed by atoms with Crippen molar-refractivity contribution in [3.63, 3.8) is 0 Å². The van der Waals surface area contributed by atoms with Crippen molar-refractivity contribution >= 4 is 21.8 Å². The standard InChI is InChI=1S/C10H14BrN3O/c1-7(2)9(3-11)14-10(15)8-4-12-6-13-5-8/h4-7,9H,3H2,1-2H3,(H,14,15). The zero-order chi connectivity index (χ0) is 11.3. The number of hydrogen-bond acceptors (Lipinski definition) is 3. The van der Waals surface area contributed by atoms with Gasteiger partial charge in [-0.2, -0.15) is 0 Å². The molecule has 0 saturated heterocycles. The van der Waals surface area contributed by atoms with Crippen molar-refractivity contribution in [3.05, 3.63) is 24.3 Å². The molecule has 4 nitrogen and oxygen atoms in total. The van der Waals surface area contributed by atoms with Crippen LogP contribution in [0.2, 0.25) is 0 Å². The lowest BCUT2D eigenvalue weighted by atomic mass is 10.1. The number of hydrogen-bond donors (Lipinski definition) is 1. The Bertz CT molecular complexity index is 316. The molecule has 0 aromatic carbocycles. The van der Waals surface area contributed by atoms with E-state index in [4.69, 9.17) is 0 Å². The first-order valence-corrected chi connectivity index (χ1v) is 5.89. The van der Waals surface area contributed by atoms with Gasteiger partial charge in [0, 0.05) is 23.8 Å². The zero-order valence-corrected chi connectivity index (χ0v) is 10.4. The Hall–Kier alpha value is -0.970.